The third-order valence-electron chi connectivity index (χ3n) is 2.46. The molecule has 1 amide bonds. The van der Waals surface area contributed by atoms with Gasteiger partial charge in [-0.1, -0.05) is 17.8 Å². The molecule has 2 rings (SSSR count). The number of aryl methyl sites for hydroxylation is 1. The summed E-state index contributed by atoms with van der Waals surface area (Å²) >= 11 is 3.08. The quantitative estimate of drug-likeness (QED) is 0.861. The van der Waals surface area contributed by atoms with Crippen molar-refractivity contribution in [1.82, 2.24) is 9.55 Å². The van der Waals surface area contributed by atoms with Crippen molar-refractivity contribution in [3.63, 3.8) is 0 Å². The second kappa shape index (κ2) is 6.68. The molecule has 4 nitrogen and oxygen atoms in total. The summed E-state index contributed by atoms with van der Waals surface area (Å²) in [5, 5.41) is 3.73. The fraction of sp³-hybridized carbons (Fsp3) is 0.231. The smallest absolute Gasteiger partial charge is 0.234 e. The lowest BCUT2D eigenvalue weighted by atomic mass is 10.3. The van der Waals surface area contributed by atoms with Gasteiger partial charge in [0.1, 0.15) is 0 Å². The minimum atomic E-state index is -0.0220. The van der Waals surface area contributed by atoms with Crippen LogP contribution in [-0.4, -0.2) is 27.5 Å². The van der Waals surface area contributed by atoms with Crippen molar-refractivity contribution in [2.45, 2.75) is 10.1 Å². The third-order valence-corrected chi connectivity index (χ3v) is 4.25. The molecule has 1 N–H and O–H groups in total. The Labute approximate surface area is 121 Å². The first kappa shape index (κ1) is 14.0. The van der Waals surface area contributed by atoms with Crippen molar-refractivity contribution in [2.24, 2.45) is 7.05 Å². The number of nitrogens with one attached hydrogen (secondary N) is 1. The Balaban J connectivity index is 1.89. The number of aromatic nitrogens is 2. The molecule has 0 aliphatic rings. The molecule has 2 aromatic rings. The molecule has 6 heteroatoms. The molecule has 0 aliphatic heterocycles. The lowest BCUT2D eigenvalue weighted by Crippen LogP contribution is -2.14. The number of anilines is 1. The van der Waals surface area contributed by atoms with Gasteiger partial charge in [-0.25, -0.2) is 4.98 Å². The predicted molar refractivity (Wildman–Crippen MR) is 80.8 cm³/mol. The van der Waals surface area contributed by atoms with Gasteiger partial charge in [-0.15, -0.1) is 11.8 Å². The minimum absolute atomic E-state index is 0.0220. The zero-order chi connectivity index (χ0) is 13.7. The highest BCUT2D eigenvalue weighted by molar-refractivity contribution is 7.99. The average molecular weight is 293 g/mol. The molecule has 19 heavy (non-hydrogen) atoms. The van der Waals surface area contributed by atoms with Crippen LogP contribution in [0.2, 0.25) is 0 Å². The summed E-state index contributed by atoms with van der Waals surface area (Å²) in [7, 11) is 1.91. The first-order valence-corrected chi connectivity index (χ1v) is 7.94. The maximum absolute atomic E-state index is 11.8. The molecular weight excluding hydrogens is 278 g/mol. The molecule has 0 fully saturated rings. The number of carbonyl (C=O) groups is 1. The average Bonchev–Trinajstić information content (AvgIpc) is 2.82. The van der Waals surface area contributed by atoms with Gasteiger partial charge in [0.05, 0.1) is 5.75 Å². The topological polar surface area (TPSA) is 46.9 Å². The van der Waals surface area contributed by atoms with Crippen LogP contribution in [0.15, 0.2) is 46.7 Å². The van der Waals surface area contributed by atoms with E-state index < -0.39 is 0 Å². The largest absolute Gasteiger partial charge is 0.329 e. The Bertz CT molecular complexity index is 569. The molecule has 0 atom stereocenters. The molecule has 0 bridgehead atoms. The Morgan fingerprint density at radius 1 is 1.47 bits per heavy atom. The number of benzene rings is 1. The van der Waals surface area contributed by atoms with Gasteiger partial charge in [0.2, 0.25) is 5.91 Å². The van der Waals surface area contributed by atoms with Gasteiger partial charge in [-0.05, 0) is 24.5 Å². The number of amides is 1. The number of nitrogens with zero attached hydrogens (tertiary/aromatic N) is 2. The van der Waals surface area contributed by atoms with Gasteiger partial charge in [0.25, 0.3) is 0 Å². The Morgan fingerprint density at radius 2 is 2.32 bits per heavy atom. The molecule has 1 aromatic carbocycles. The van der Waals surface area contributed by atoms with E-state index in [1.807, 2.05) is 48.3 Å². The third kappa shape index (κ3) is 4.04. The standard InChI is InChI=1S/C13H15N3OS2/c1-16-7-6-14-13(16)19-9-12(17)15-10-4-3-5-11(8-10)18-2/h3-8H,9H2,1-2H3,(H,15,17). The summed E-state index contributed by atoms with van der Waals surface area (Å²) in [5.74, 6) is 0.334. The van der Waals surface area contributed by atoms with Crippen molar-refractivity contribution in [3.05, 3.63) is 36.7 Å². The number of rotatable bonds is 5. The Kier molecular flexibility index (Phi) is 4.93. The zero-order valence-corrected chi connectivity index (χ0v) is 12.4. The van der Waals surface area contributed by atoms with Crippen LogP contribution in [0.1, 0.15) is 0 Å². The highest BCUT2D eigenvalue weighted by atomic mass is 32.2. The highest BCUT2D eigenvalue weighted by Crippen LogP contribution is 2.20. The summed E-state index contributed by atoms with van der Waals surface area (Å²) in [5.41, 5.74) is 0.831. The number of hydrogen-bond donors (Lipinski definition) is 1. The van der Waals surface area contributed by atoms with Crippen molar-refractivity contribution in [2.75, 3.05) is 17.3 Å². The number of carbonyl (C=O) groups excluding carboxylic acids is 1. The molecule has 0 radical (unpaired) electrons. The molecule has 0 aliphatic carbocycles. The van der Waals surface area contributed by atoms with Crippen LogP contribution in [-0.2, 0) is 11.8 Å². The Morgan fingerprint density at radius 3 is 3.00 bits per heavy atom. The fourth-order valence-corrected chi connectivity index (χ4v) is 2.71. The molecule has 0 unspecified atom stereocenters. The Hall–Kier alpha value is -1.40. The van der Waals surface area contributed by atoms with Gasteiger partial charge in [0.15, 0.2) is 5.16 Å². The SMILES string of the molecule is CSc1cccc(NC(=O)CSc2nccn2C)c1. The highest BCUT2D eigenvalue weighted by Gasteiger charge is 2.06. The summed E-state index contributed by atoms with van der Waals surface area (Å²) in [4.78, 5) is 17.1. The number of imidazole rings is 1. The summed E-state index contributed by atoms with van der Waals surface area (Å²) < 4.78 is 1.90. The molecule has 0 spiro atoms. The van der Waals surface area contributed by atoms with Gasteiger partial charge in [-0.3, -0.25) is 4.79 Å². The van der Waals surface area contributed by atoms with Crippen LogP contribution in [0.3, 0.4) is 0 Å². The zero-order valence-electron chi connectivity index (χ0n) is 10.8. The van der Waals surface area contributed by atoms with Crippen LogP contribution < -0.4 is 5.32 Å². The van der Waals surface area contributed by atoms with Gasteiger partial charge in [-0.2, -0.15) is 0 Å². The van der Waals surface area contributed by atoms with E-state index in [9.17, 15) is 4.79 Å². The lowest BCUT2D eigenvalue weighted by Gasteiger charge is -2.06. The summed E-state index contributed by atoms with van der Waals surface area (Å²) in [6.45, 7) is 0. The van der Waals surface area contributed by atoms with E-state index in [4.69, 9.17) is 0 Å². The molecule has 1 heterocycles. The molecule has 0 saturated carbocycles. The van der Waals surface area contributed by atoms with Crippen molar-refractivity contribution in [1.29, 1.82) is 0 Å². The van der Waals surface area contributed by atoms with Crippen LogP contribution in [0.5, 0.6) is 0 Å². The first-order chi connectivity index (χ1) is 9.19. The van der Waals surface area contributed by atoms with E-state index in [2.05, 4.69) is 10.3 Å². The number of thioether (sulfide) groups is 2. The van der Waals surface area contributed by atoms with Gasteiger partial charge in [0, 0.05) is 30.0 Å². The number of hydrogen-bond acceptors (Lipinski definition) is 4. The second-order valence-electron chi connectivity index (χ2n) is 3.89. The van der Waals surface area contributed by atoms with E-state index in [0.29, 0.717) is 5.75 Å². The second-order valence-corrected chi connectivity index (χ2v) is 5.71. The maximum atomic E-state index is 11.8. The van der Waals surface area contributed by atoms with E-state index in [1.54, 1.807) is 18.0 Å². The molecule has 1 aromatic heterocycles. The van der Waals surface area contributed by atoms with E-state index in [1.165, 1.54) is 11.8 Å². The van der Waals surface area contributed by atoms with E-state index in [0.717, 1.165) is 15.7 Å². The van der Waals surface area contributed by atoms with Crippen LogP contribution in [0.4, 0.5) is 5.69 Å². The van der Waals surface area contributed by atoms with Crippen molar-refractivity contribution in [3.8, 4) is 0 Å². The normalized spacial score (nSPS) is 10.4. The van der Waals surface area contributed by atoms with E-state index in [-0.39, 0.29) is 5.91 Å². The minimum Gasteiger partial charge on any atom is -0.329 e. The maximum Gasteiger partial charge on any atom is 0.234 e. The summed E-state index contributed by atoms with van der Waals surface area (Å²) in [6, 6.07) is 7.81. The fourth-order valence-electron chi connectivity index (χ4n) is 1.52. The summed E-state index contributed by atoms with van der Waals surface area (Å²) in [6.07, 6.45) is 5.60. The molecular formula is C13H15N3OS2. The predicted octanol–water partition coefficient (Wildman–Crippen LogP) is 2.87. The van der Waals surface area contributed by atoms with Crippen LogP contribution in [0, 0.1) is 0 Å². The van der Waals surface area contributed by atoms with Crippen LogP contribution in [0.25, 0.3) is 0 Å². The van der Waals surface area contributed by atoms with Crippen molar-refractivity contribution >= 4 is 35.1 Å². The van der Waals surface area contributed by atoms with Crippen molar-refractivity contribution < 1.29 is 4.79 Å². The van der Waals surface area contributed by atoms with E-state index >= 15 is 0 Å². The lowest BCUT2D eigenvalue weighted by molar-refractivity contribution is -0.113. The molecule has 100 valence electrons. The van der Waals surface area contributed by atoms with Crippen LogP contribution >= 0.6 is 23.5 Å². The molecule has 0 saturated heterocycles. The van der Waals surface area contributed by atoms with Gasteiger partial charge >= 0.3 is 0 Å². The monoisotopic (exact) mass is 293 g/mol. The first-order valence-electron chi connectivity index (χ1n) is 5.73. The van der Waals surface area contributed by atoms with Gasteiger partial charge < -0.3 is 9.88 Å².